The fourth-order valence-corrected chi connectivity index (χ4v) is 2.02. The summed E-state index contributed by atoms with van der Waals surface area (Å²) in [6, 6.07) is 2.71. The van der Waals surface area contributed by atoms with E-state index in [2.05, 4.69) is 36.2 Å². The van der Waals surface area contributed by atoms with E-state index in [1.165, 1.54) is 25.1 Å². The minimum Gasteiger partial charge on any atom is -0.298 e. The minimum absolute atomic E-state index is 0.563. The molecule has 0 N–H and O–H groups in total. The Labute approximate surface area is 79.3 Å². The summed E-state index contributed by atoms with van der Waals surface area (Å²) in [6.45, 7) is 4.30. The Hall–Kier alpha value is -0.830. The Kier molecular flexibility index (Phi) is 2.36. The maximum Gasteiger partial charge on any atom is 0.0796 e. The molecular weight excluding hydrogens is 162 g/mol. The van der Waals surface area contributed by atoms with Crippen molar-refractivity contribution in [2.75, 3.05) is 13.6 Å². The molecule has 0 aliphatic carbocycles. The van der Waals surface area contributed by atoms with Gasteiger partial charge in [0.2, 0.25) is 0 Å². The van der Waals surface area contributed by atoms with E-state index in [9.17, 15) is 0 Å². The van der Waals surface area contributed by atoms with Crippen molar-refractivity contribution in [2.24, 2.45) is 0 Å². The van der Waals surface area contributed by atoms with Crippen molar-refractivity contribution in [1.82, 2.24) is 14.7 Å². The van der Waals surface area contributed by atoms with E-state index in [4.69, 9.17) is 0 Å². The molecule has 0 amide bonds. The number of nitrogens with zero attached hydrogens (tertiary/aromatic N) is 3. The van der Waals surface area contributed by atoms with E-state index in [0.29, 0.717) is 6.04 Å². The standard InChI is InChI=1S/C10H17N3/c1-3-13-8-6-9(11-13)10-5-4-7-12(10)2/h6,8,10H,3-5,7H2,1-2H3. The monoisotopic (exact) mass is 179 g/mol. The van der Waals surface area contributed by atoms with Crippen LogP contribution < -0.4 is 0 Å². The largest absolute Gasteiger partial charge is 0.298 e. The van der Waals surface area contributed by atoms with Crippen LogP contribution in [0.4, 0.5) is 0 Å². The number of hydrogen-bond acceptors (Lipinski definition) is 2. The van der Waals surface area contributed by atoms with E-state index in [1.807, 2.05) is 4.68 Å². The Morgan fingerprint density at radius 1 is 1.62 bits per heavy atom. The zero-order valence-electron chi connectivity index (χ0n) is 8.40. The summed E-state index contributed by atoms with van der Waals surface area (Å²) < 4.78 is 2.00. The minimum atomic E-state index is 0.563. The smallest absolute Gasteiger partial charge is 0.0796 e. The molecule has 1 saturated heterocycles. The van der Waals surface area contributed by atoms with Gasteiger partial charge in [-0.3, -0.25) is 9.58 Å². The van der Waals surface area contributed by atoms with Crippen LogP contribution >= 0.6 is 0 Å². The van der Waals surface area contributed by atoms with Gasteiger partial charge in [-0.1, -0.05) is 0 Å². The van der Waals surface area contributed by atoms with E-state index >= 15 is 0 Å². The van der Waals surface area contributed by atoms with Gasteiger partial charge in [0.1, 0.15) is 0 Å². The van der Waals surface area contributed by atoms with Gasteiger partial charge in [-0.2, -0.15) is 5.10 Å². The fraction of sp³-hybridized carbons (Fsp3) is 0.700. The molecule has 1 aliphatic heterocycles. The number of likely N-dealkylation sites (tertiary alicyclic amines) is 1. The van der Waals surface area contributed by atoms with Crippen molar-refractivity contribution < 1.29 is 0 Å². The quantitative estimate of drug-likeness (QED) is 0.688. The average molecular weight is 179 g/mol. The summed E-state index contributed by atoms with van der Waals surface area (Å²) in [5.74, 6) is 0. The molecule has 72 valence electrons. The van der Waals surface area contributed by atoms with Crippen LogP contribution in [0.3, 0.4) is 0 Å². The van der Waals surface area contributed by atoms with Crippen LogP contribution in [-0.4, -0.2) is 28.3 Å². The third kappa shape index (κ3) is 1.61. The van der Waals surface area contributed by atoms with Gasteiger partial charge < -0.3 is 0 Å². The first-order valence-electron chi connectivity index (χ1n) is 5.05. The lowest BCUT2D eigenvalue weighted by molar-refractivity contribution is 0.310. The number of hydrogen-bond donors (Lipinski definition) is 0. The molecule has 1 aromatic rings. The predicted molar refractivity (Wildman–Crippen MR) is 52.5 cm³/mol. The number of rotatable bonds is 2. The molecule has 13 heavy (non-hydrogen) atoms. The maximum atomic E-state index is 4.54. The molecule has 3 nitrogen and oxygen atoms in total. The molecule has 1 fully saturated rings. The van der Waals surface area contributed by atoms with Crippen molar-refractivity contribution >= 4 is 0 Å². The maximum absolute atomic E-state index is 4.54. The molecule has 1 unspecified atom stereocenters. The summed E-state index contributed by atoms with van der Waals surface area (Å²) >= 11 is 0. The summed E-state index contributed by atoms with van der Waals surface area (Å²) in [4.78, 5) is 2.39. The molecule has 1 aromatic heterocycles. The molecule has 0 bridgehead atoms. The number of aromatic nitrogens is 2. The summed E-state index contributed by atoms with van der Waals surface area (Å²) in [5.41, 5.74) is 1.24. The molecule has 1 atom stereocenters. The van der Waals surface area contributed by atoms with Gasteiger partial charge >= 0.3 is 0 Å². The van der Waals surface area contributed by atoms with Crippen LogP contribution in [0, 0.1) is 0 Å². The molecule has 0 radical (unpaired) electrons. The summed E-state index contributed by atoms with van der Waals surface area (Å²) in [6.07, 6.45) is 4.64. The molecule has 3 heteroatoms. The predicted octanol–water partition coefficient (Wildman–Crippen LogP) is 1.67. The van der Waals surface area contributed by atoms with Gasteiger partial charge in [0, 0.05) is 12.7 Å². The highest BCUT2D eigenvalue weighted by atomic mass is 15.3. The highest BCUT2D eigenvalue weighted by Crippen LogP contribution is 2.28. The third-order valence-corrected chi connectivity index (χ3v) is 2.85. The van der Waals surface area contributed by atoms with Gasteiger partial charge in [-0.15, -0.1) is 0 Å². The molecule has 2 rings (SSSR count). The third-order valence-electron chi connectivity index (χ3n) is 2.85. The highest BCUT2D eigenvalue weighted by Gasteiger charge is 2.24. The normalized spacial score (nSPS) is 24.0. The highest BCUT2D eigenvalue weighted by molar-refractivity contribution is 5.07. The van der Waals surface area contributed by atoms with Crippen molar-refractivity contribution in [3.8, 4) is 0 Å². The average Bonchev–Trinajstić information content (AvgIpc) is 2.71. The Morgan fingerprint density at radius 2 is 2.46 bits per heavy atom. The summed E-state index contributed by atoms with van der Waals surface area (Å²) in [7, 11) is 2.18. The van der Waals surface area contributed by atoms with Crippen LogP contribution in [0.25, 0.3) is 0 Å². The van der Waals surface area contributed by atoms with Crippen LogP contribution in [0.2, 0.25) is 0 Å². The summed E-state index contributed by atoms with van der Waals surface area (Å²) in [5, 5.41) is 4.54. The second-order valence-corrected chi connectivity index (χ2v) is 3.73. The lowest BCUT2D eigenvalue weighted by atomic mass is 10.1. The first-order chi connectivity index (χ1) is 6.31. The molecular formula is C10H17N3. The molecule has 0 spiro atoms. The van der Waals surface area contributed by atoms with E-state index in [1.54, 1.807) is 0 Å². The molecule has 0 saturated carbocycles. The van der Waals surface area contributed by atoms with Crippen LogP contribution in [0.15, 0.2) is 12.3 Å². The van der Waals surface area contributed by atoms with Gasteiger partial charge in [-0.05, 0) is 39.4 Å². The van der Waals surface area contributed by atoms with Crippen LogP contribution in [0.5, 0.6) is 0 Å². The number of aryl methyl sites for hydroxylation is 1. The van der Waals surface area contributed by atoms with Crippen molar-refractivity contribution in [1.29, 1.82) is 0 Å². The second kappa shape index (κ2) is 3.50. The van der Waals surface area contributed by atoms with Crippen molar-refractivity contribution in [3.63, 3.8) is 0 Å². The van der Waals surface area contributed by atoms with E-state index < -0.39 is 0 Å². The Morgan fingerprint density at radius 3 is 3.00 bits per heavy atom. The molecule has 2 heterocycles. The van der Waals surface area contributed by atoms with Crippen LogP contribution in [0.1, 0.15) is 31.5 Å². The SMILES string of the molecule is CCn1ccc(C2CCCN2C)n1. The Bertz CT molecular complexity index is 279. The molecule has 1 aliphatic rings. The Balaban J connectivity index is 2.15. The van der Waals surface area contributed by atoms with Gasteiger partial charge in [0.15, 0.2) is 0 Å². The van der Waals surface area contributed by atoms with Gasteiger partial charge in [0.25, 0.3) is 0 Å². The lowest BCUT2D eigenvalue weighted by Gasteiger charge is -2.16. The van der Waals surface area contributed by atoms with E-state index in [-0.39, 0.29) is 0 Å². The van der Waals surface area contributed by atoms with Gasteiger partial charge in [-0.25, -0.2) is 0 Å². The first-order valence-corrected chi connectivity index (χ1v) is 5.05. The van der Waals surface area contributed by atoms with E-state index in [0.717, 1.165) is 6.54 Å². The zero-order chi connectivity index (χ0) is 9.26. The van der Waals surface area contributed by atoms with Crippen molar-refractivity contribution in [2.45, 2.75) is 32.4 Å². The fourth-order valence-electron chi connectivity index (χ4n) is 2.02. The topological polar surface area (TPSA) is 21.1 Å². The van der Waals surface area contributed by atoms with Crippen LogP contribution in [-0.2, 0) is 6.54 Å². The lowest BCUT2D eigenvalue weighted by Crippen LogP contribution is -2.18. The van der Waals surface area contributed by atoms with Gasteiger partial charge in [0.05, 0.1) is 11.7 Å². The second-order valence-electron chi connectivity index (χ2n) is 3.73. The first kappa shape index (κ1) is 8.75. The molecule has 0 aromatic carbocycles. The van der Waals surface area contributed by atoms with Crippen molar-refractivity contribution in [3.05, 3.63) is 18.0 Å². The zero-order valence-corrected chi connectivity index (χ0v) is 8.40.